The molecule has 1 aromatic rings. The molecule has 18 N–H and O–H groups in total. The van der Waals surface area contributed by atoms with E-state index in [1.807, 2.05) is 13.8 Å². The zero-order chi connectivity index (χ0) is 42.3. The Morgan fingerprint density at radius 2 is 1.15 bits per heavy atom. The lowest BCUT2D eigenvalue weighted by molar-refractivity contribution is -0.163. The van der Waals surface area contributed by atoms with Gasteiger partial charge < -0.3 is 75.0 Å². The van der Waals surface area contributed by atoms with Gasteiger partial charge in [-0.25, -0.2) is 14.4 Å². The average molecular weight is 775 g/mol. The Hall–Kier alpha value is -5.10. The van der Waals surface area contributed by atoms with Crippen LogP contribution in [0.15, 0.2) is 24.3 Å². The number of rotatable bonds is 19. The number of hydrogen-bond acceptors (Lipinski definition) is 19. The molecule has 0 fully saturated rings. The quantitative estimate of drug-likeness (QED) is 0.0276. The van der Waals surface area contributed by atoms with E-state index in [4.69, 9.17) is 55.1 Å². The van der Waals surface area contributed by atoms with Gasteiger partial charge in [-0.15, -0.1) is 0 Å². The van der Waals surface area contributed by atoms with Gasteiger partial charge in [0.1, 0.15) is 55.2 Å². The summed E-state index contributed by atoms with van der Waals surface area (Å²) in [7, 11) is 0. The SMILES string of the molecule is CC(C)C[C@H](N)C(=O)OC[C@H](N)C(=O)O.CC(C)[C@H](N)C(=O)Oc1ccc(C[C@H](N)C(=O)OC(=O)[C@@H](N)COC(=O)CN)cc1.NC(=O)C[C@H](N)C(=O)O. The van der Waals surface area contributed by atoms with Gasteiger partial charge in [-0.1, -0.05) is 39.8 Å². The summed E-state index contributed by atoms with van der Waals surface area (Å²) in [5, 5.41) is 16.5. The molecule has 0 saturated heterocycles. The van der Waals surface area contributed by atoms with Crippen LogP contribution in [0.4, 0.5) is 0 Å². The minimum absolute atomic E-state index is 0.0588. The van der Waals surface area contributed by atoms with Crippen LogP contribution < -0.4 is 50.6 Å². The number of carbonyl (C=O) groups is 8. The van der Waals surface area contributed by atoms with Crippen LogP contribution in [0, 0.1) is 11.8 Å². The lowest BCUT2D eigenvalue weighted by Crippen LogP contribution is -2.43. The summed E-state index contributed by atoms with van der Waals surface area (Å²) in [6.45, 7) is 6.28. The van der Waals surface area contributed by atoms with E-state index in [-0.39, 0.29) is 37.8 Å². The highest BCUT2D eigenvalue weighted by Gasteiger charge is 2.25. The van der Waals surface area contributed by atoms with Crippen molar-refractivity contribution in [2.75, 3.05) is 19.8 Å². The third-order valence-corrected chi connectivity index (χ3v) is 6.47. The molecule has 1 aromatic carbocycles. The van der Waals surface area contributed by atoms with E-state index in [0.29, 0.717) is 17.7 Å². The zero-order valence-electron chi connectivity index (χ0n) is 30.6. The van der Waals surface area contributed by atoms with Crippen molar-refractivity contribution in [2.24, 2.45) is 57.7 Å². The number of carbonyl (C=O) groups excluding carboxylic acids is 6. The van der Waals surface area contributed by atoms with Crippen LogP contribution in [0.3, 0.4) is 0 Å². The number of esters is 5. The van der Waals surface area contributed by atoms with E-state index in [1.165, 1.54) is 12.1 Å². The minimum atomic E-state index is -1.34. The van der Waals surface area contributed by atoms with Crippen molar-refractivity contribution in [1.29, 1.82) is 0 Å². The number of amides is 1. The van der Waals surface area contributed by atoms with Crippen molar-refractivity contribution in [3.05, 3.63) is 29.8 Å². The Kier molecular flexibility index (Phi) is 25.2. The molecule has 6 atom stereocenters. The molecule has 22 nitrogen and oxygen atoms in total. The highest BCUT2D eigenvalue weighted by atomic mass is 16.6. The van der Waals surface area contributed by atoms with Crippen LogP contribution in [0.5, 0.6) is 5.75 Å². The molecular formula is C32H54N8O14. The van der Waals surface area contributed by atoms with E-state index in [0.717, 1.165) is 0 Å². The molecule has 306 valence electrons. The first-order valence-corrected chi connectivity index (χ1v) is 16.3. The molecule has 0 aliphatic carbocycles. The molecule has 0 heterocycles. The second kappa shape index (κ2) is 26.6. The maximum Gasteiger partial charge on any atom is 0.334 e. The van der Waals surface area contributed by atoms with Crippen LogP contribution in [0.25, 0.3) is 0 Å². The van der Waals surface area contributed by atoms with E-state index in [9.17, 15) is 38.4 Å². The molecule has 0 spiro atoms. The molecule has 54 heavy (non-hydrogen) atoms. The molecule has 1 rings (SSSR count). The van der Waals surface area contributed by atoms with Crippen molar-refractivity contribution < 1.29 is 67.5 Å². The molecule has 0 unspecified atom stereocenters. The van der Waals surface area contributed by atoms with Crippen molar-refractivity contribution >= 4 is 47.7 Å². The molecule has 0 saturated carbocycles. The minimum Gasteiger partial charge on any atom is -0.480 e. The maximum absolute atomic E-state index is 12.0. The summed E-state index contributed by atoms with van der Waals surface area (Å²) in [5.74, 6) is -6.59. The van der Waals surface area contributed by atoms with Crippen molar-refractivity contribution in [1.82, 2.24) is 0 Å². The van der Waals surface area contributed by atoms with Gasteiger partial charge in [0.15, 0.2) is 0 Å². The summed E-state index contributed by atoms with van der Waals surface area (Å²) < 4.78 is 19.0. The first-order valence-electron chi connectivity index (χ1n) is 16.3. The van der Waals surface area contributed by atoms with Gasteiger partial charge in [-0.3, -0.25) is 24.0 Å². The first-order chi connectivity index (χ1) is 24.9. The first kappa shape index (κ1) is 51.0. The number of ether oxygens (including phenoxy) is 4. The lowest BCUT2D eigenvalue weighted by Gasteiger charge is -2.15. The third-order valence-electron chi connectivity index (χ3n) is 6.47. The summed E-state index contributed by atoms with van der Waals surface area (Å²) >= 11 is 0. The normalized spacial score (nSPS) is 13.9. The van der Waals surface area contributed by atoms with Gasteiger partial charge in [0.05, 0.1) is 13.0 Å². The highest BCUT2D eigenvalue weighted by Crippen LogP contribution is 2.15. The number of carboxylic acids is 2. The molecule has 22 heteroatoms. The number of benzene rings is 1. The monoisotopic (exact) mass is 774 g/mol. The summed E-state index contributed by atoms with van der Waals surface area (Å²) in [4.78, 5) is 87.9. The molecule has 0 aliphatic rings. The van der Waals surface area contributed by atoms with Gasteiger partial charge in [0.25, 0.3) is 0 Å². The van der Waals surface area contributed by atoms with Gasteiger partial charge in [0.2, 0.25) is 5.91 Å². The number of nitrogens with two attached hydrogens (primary N) is 8. The highest BCUT2D eigenvalue weighted by molar-refractivity contribution is 5.91. The fourth-order valence-electron chi connectivity index (χ4n) is 3.31. The van der Waals surface area contributed by atoms with E-state index >= 15 is 0 Å². The predicted molar refractivity (Wildman–Crippen MR) is 189 cm³/mol. The van der Waals surface area contributed by atoms with Crippen LogP contribution in [-0.2, 0) is 59.0 Å². The zero-order valence-corrected chi connectivity index (χ0v) is 30.6. The third kappa shape index (κ3) is 23.5. The number of aliphatic carboxylic acids is 2. The summed E-state index contributed by atoms with van der Waals surface area (Å²) in [6.07, 6.45) is 0.250. The fraction of sp³-hybridized carbons (Fsp3) is 0.562. The molecule has 0 radical (unpaired) electrons. The average Bonchev–Trinajstić information content (AvgIpc) is 3.09. The Bertz CT molecular complexity index is 1390. The van der Waals surface area contributed by atoms with Crippen LogP contribution in [0.1, 0.15) is 46.1 Å². The Morgan fingerprint density at radius 1 is 0.648 bits per heavy atom. The maximum atomic E-state index is 12.0. The Labute approximate surface area is 311 Å². The van der Waals surface area contributed by atoms with Gasteiger partial charge in [-0.05, 0) is 42.4 Å². The molecule has 1 amide bonds. The topological polar surface area (TPSA) is 422 Å². The second-order valence-electron chi connectivity index (χ2n) is 12.3. The molecular weight excluding hydrogens is 720 g/mol. The van der Waals surface area contributed by atoms with Gasteiger partial charge in [-0.2, -0.15) is 0 Å². The number of primary amides is 1. The molecule has 0 bridgehead atoms. The summed E-state index contributed by atoms with van der Waals surface area (Å²) in [6, 6.07) is -0.0220. The number of carboxylic acid groups (broad SMARTS) is 2. The van der Waals surface area contributed by atoms with Crippen LogP contribution in [0.2, 0.25) is 0 Å². The van der Waals surface area contributed by atoms with Gasteiger partial charge >= 0.3 is 41.8 Å². The molecule has 0 aliphatic heterocycles. The van der Waals surface area contributed by atoms with Gasteiger partial charge in [0, 0.05) is 0 Å². The predicted octanol–water partition coefficient (Wildman–Crippen LogP) is -4.07. The second-order valence-corrected chi connectivity index (χ2v) is 12.3. The van der Waals surface area contributed by atoms with E-state index in [2.05, 4.69) is 19.9 Å². The van der Waals surface area contributed by atoms with Crippen molar-refractivity contribution in [3.8, 4) is 5.75 Å². The lowest BCUT2D eigenvalue weighted by atomic mass is 10.1. The van der Waals surface area contributed by atoms with Crippen molar-refractivity contribution in [2.45, 2.75) is 83.2 Å². The standard InChI is InChI=1S/C19H28N4O7.C9H18N2O4.C4H8N2O3/c1-10(2)16(23)19(27)29-12-5-3-11(4-6-12)7-13(21)17(25)30-18(26)14(22)9-28-15(24)8-20;1-5(2)3-6(10)9(14)15-4-7(11)8(12)13;5-2(4(8)9)1-3(6)7/h3-6,10,13-14,16H,7-9,20-23H2,1-2H3;5-7H,3-4,10-11H2,1-2H3,(H,12,13);2H,1,5H2,(H2,6,7)(H,8,9)/t13-,14-,16-;6-,7-;2-/m000/s1. The molecule has 0 aromatic heterocycles. The summed E-state index contributed by atoms with van der Waals surface area (Å²) in [5.41, 5.74) is 42.9. The van der Waals surface area contributed by atoms with E-state index < -0.39 is 90.6 Å². The van der Waals surface area contributed by atoms with Crippen molar-refractivity contribution in [3.63, 3.8) is 0 Å². The Balaban J connectivity index is 0. The largest absolute Gasteiger partial charge is 0.480 e. The smallest absolute Gasteiger partial charge is 0.334 e. The fourth-order valence-corrected chi connectivity index (χ4v) is 3.31. The number of hydrogen-bond donors (Lipinski definition) is 10. The van der Waals surface area contributed by atoms with Crippen LogP contribution >= 0.6 is 0 Å². The Morgan fingerprint density at radius 3 is 1.57 bits per heavy atom. The van der Waals surface area contributed by atoms with Crippen LogP contribution in [-0.4, -0.2) is 114 Å². The van der Waals surface area contributed by atoms with E-state index in [1.54, 1.807) is 26.0 Å².